The van der Waals surface area contributed by atoms with Gasteiger partial charge in [0.15, 0.2) is 0 Å². The summed E-state index contributed by atoms with van der Waals surface area (Å²) in [6.07, 6.45) is -2.68. The van der Waals surface area contributed by atoms with E-state index in [-0.39, 0.29) is 24.8 Å². The number of halogens is 3. The highest BCUT2D eigenvalue weighted by Gasteiger charge is 2.31. The van der Waals surface area contributed by atoms with E-state index in [9.17, 15) is 22.8 Å². The maximum absolute atomic E-state index is 12.7. The molecule has 0 atom stereocenters. The Morgan fingerprint density at radius 2 is 1.97 bits per heavy atom. The average Bonchev–Trinajstić information content (AvgIpc) is 3.12. The SMILES string of the molecule is O=C(NCCC(=O)N1CCCN(c2ccc(C(F)(F)F)cn2)CC1)c1ccsc1. The average molecular weight is 426 g/mol. The van der Waals surface area contributed by atoms with Crippen molar-refractivity contribution in [1.82, 2.24) is 15.2 Å². The van der Waals surface area contributed by atoms with E-state index in [2.05, 4.69) is 10.3 Å². The second-order valence-corrected chi connectivity index (χ2v) is 7.42. The minimum atomic E-state index is -4.41. The van der Waals surface area contributed by atoms with Crippen molar-refractivity contribution in [2.24, 2.45) is 0 Å². The third-order valence-electron chi connectivity index (χ3n) is 4.66. The number of carbonyl (C=O) groups excluding carboxylic acids is 2. The van der Waals surface area contributed by atoms with E-state index in [1.165, 1.54) is 17.4 Å². The number of alkyl halides is 3. The van der Waals surface area contributed by atoms with E-state index in [0.29, 0.717) is 44.0 Å². The number of nitrogens with zero attached hydrogens (tertiary/aromatic N) is 3. The van der Waals surface area contributed by atoms with Crippen molar-refractivity contribution in [2.75, 3.05) is 37.6 Å². The largest absolute Gasteiger partial charge is 0.417 e. The highest BCUT2D eigenvalue weighted by atomic mass is 32.1. The van der Waals surface area contributed by atoms with Crippen molar-refractivity contribution in [2.45, 2.75) is 19.0 Å². The molecule has 1 N–H and O–H groups in total. The summed E-state index contributed by atoms with van der Waals surface area (Å²) in [7, 11) is 0. The molecule has 2 amide bonds. The van der Waals surface area contributed by atoms with E-state index in [4.69, 9.17) is 0 Å². The summed E-state index contributed by atoms with van der Waals surface area (Å²) in [6, 6.07) is 4.10. The van der Waals surface area contributed by atoms with Crippen molar-refractivity contribution in [3.8, 4) is 0 Å². The molecule has 0 spiro atoms. The molecule has 6 nitrogen and oxygen atoms in total. The Hall–Kier alpha value is -2.62. The minimum absolute atomic E-state index is 0.0575. The van der Waals surface area contributed by atoms with Gasteiger partial charge in [0, 0.05) is 56.3 Å². The summed E-state index contributed by atoms with van der Waals surface area (Å²) in [5.74, 6) is 0.211. The molecule has 3 rings (SSSR count). The number of aromatic nitrogens is 1. The zero-order valence-electron chi connectivity index (χ0n) is 15.6. The molecule has 0 radical (unpaired) electrons. The lowest BCUT2D eigenvalue weighted by Gasteiger charge is -2.23. The van der Waals surface area contributed by atoms with Crippen LogP contribution in [0.4, 0.5) is 19.0 Å². The number of hydrogen-bond acceptors (Lipinski definition) is 5. The smallest absolute Gasteiger partial charge is 0.355 e. The van der Waals surface area contributed by atoms with Gasteiger partial charge in [0.25, 0.3) is 5.91 Å². The molecule has 1 aliphatic heterocycles. The summed E-state index contributed by atoms with van der Waals surface area (Å²) in [4.78, 5) is 31.9. The van der Waals surface area contributed by atoms with Crippen LogP contribution in [0, 0.1) is 0 Å². The van der Waals surface area contributed by atoms with Crippen LogP contribution < -0.4 is 10.2 Å². The van der Waals surface area contributed by atoms with Crippen molar-refractivity contribution < 1.29 is 22.8 Å². The van der Waals surface area contributed by atoms with Gasteiger partial charge in [0.05, 0.1) is 5.56 Å². The number of nitrogens with one attached hydrogen (secondary N) is 1. The Bertz CT molecular complexity index is 825. The first-order valence-electron chi connectivity index (χ1n) is 9.21. The van der Waals surface area contributed by atoms with E-state index >= 15 is 0 Å². The van der Waals surface area contributed by atoms with Gasteiger partial charge in [0.2, 0.25) is 5.91 Å². The number of anilines is 1. The van der Waals surface area contributed by atoms with Gasteiger partial charge in [-0.15, -0.1) is 0 Å². The lowest BCUT2D eigenvalue weighted by atomic mass is 10.2. The van der Waals surface area contributed by atoms with Crippen molar-refractivity contribution >= 4 is 29.0 Å². The van der Waals surface area contributed by atoms with Crippen LogP contribution in [-0.4, -0.2) is 54.4 Å². The summed E-state index contributed by atoms with van der Waals surface area (Å²) >= 11 is 1.43. The van der Waals surface area contributed by atoms with Gasteiger partial charge in [-0.2, -0.15) is 24.5 Å². The van der Waals surface area contributed by atoms with E-state index in [1.54, 1.807) is 16.3 Å². The summed E-state index contributed by atoms with van der Waals surface area (Å²) in [6.45, 7) is 2.38. The normalized spacial score (nSPS) is 15.1. The standard InChI is InChI=1S/C19H21F3N4O2S/c20-19(21,22)15-2-3-16(24-12-15)25-7-1-8-26(10-9-25)17(27)4-6-23-18(28)14-5-11-29-13-14/h2-3,5,11-13H,1,4,6-10H2,(H,23,28). The Morgan fingerprint density at radius 1 is 1.14 bits per heavy atom. The van der Waals surface area contributed by atoms with Gasteiger partial charge in [-0.05, 0) is 30.0 Å². The number of carbonyl (C=O) groups is 2. The van der Waals surface area contributed by atoms with Crippen LogP contribution in [0.15, 0.2) is 35.2 Å². The molecule has 0 aliphatic carbocycles. The van der Waals surface area contributed by atoms with Gasteiger partial charge in [0.1, 0.15) is 5.82 Å². The number of thiophene rings is 1. The molecule has 0 unspecified atom stereocenters. The van der Waals surface area contributed by atoms with Gasteiger partial charge in [-0.1, -0.05) is 0 Å². The van der Waals surface area contributed by atoms with Crippen molar-refractivity contribution in [3.05, 3.63) is 46.3 Å². The highest BCUT2D eigenvalue weighted by Crippen LogP contribution is 2.29. The number of amides is 2. The van der Waals surface area contributed by atoms with Crippen LogP contribution in [0.25, 0.3) is 0 Å². The van der Waals surface area contributed by atoms with E-state index < -0.39 is 11.7 Å². The monoisotopic (exact) mass is 426 g/mol. The Balaban J connectivity index is 1.47. The first-order valence-corrected chi connectivity index (χ1v) is 10.2. The molecular formula is C19H21F3N4O2S. The number of pyridine rings is 1. The van der Waals surface area contributed by atoms with Crippen LogP contribution in [0.5, 0.6) is 0 Å². The molecule has 10 heteroatoms. The fraction of sp³-hybridized carbons (Fsp3) is 0.421. The Kier molecular flexibility index (Phi) is 6.73. The van der Waals surface area contributed by atoms with Gasteiger partial charge >= 0.3 is 6.18 Å². The quantitative estimate of drug-likeness (QED) is 0.798. The zero-order chi connectivity index (χ0) is 20.9. The molecule has 0 bridgehead atoms. The van der Waals surface area contributed by atoms with Gasteiger partial charge < -0.3 is 15.1 Å². The third-order valence-corrected chi connectivity index (χ3v) is 5.34. The topological polar surface area (TPSA) is 65.5 Å². The lowest BCUT2D eigenvalue weighted by molar-refractivity contribution is -0.137. The molecule has 0 aromatic carbocycles. The van der Waals surface area contributed by atoms with E-state index in [0.717, 1.165) is 12.3 Å². The zero-order valence-corrected chi connectivity index (χ0v) is 16.4. The van der Waals surface area contributed by atoms with Crippen LogP contribution >= 0.6 is 11.3 Å². The van der Waals surface area contributed by atoms with Crippen molar-refractivity contribution in [1.29, 1.82) is 0 Å². The van der Waals surface area contributed by atoms with Crippen LogP contribution in [0.1, 0.15) is 28.8 Å². The molecule has 29 heavy (non-hydrogen) atoms. The lowest BCUT2D eigenvalue weighted by Crippen LogP contribution is -2.37. The first kappa shape index (κ1) is 21.1. The second kappa shape index (κ2) is 9.25. The molecule has 0 saturated carbocycles. The highest BCUT2D eigenvalue weighted by molar-refractivity contribution is 7.08. The molecule has 1 aliphatic rings. The van der Waals surface area contributed by atoms with Gasteiger partial charge in [-0.25, -0.2) is 4.98 Å². The van der Waals surface area contributed by atoms with Gasteiger partial charge in [-0.3, -0.25) is 9.59 Å². The summed E-state index contributed by atoms with van der Waals surface area (Å²) < 4.78 is 38.0. The summed E-state index contributed by atoms with van der Waals surface area (Å²) in [5.41, 5.74) is -0.200. The summed E-state index contributed by atoms with van der Waals surface area (Å²) in [5, 5.41) is 6.29. The van der Waals surface area contributed by atoms with Crippen molar-refractivity contribution in [3.63, 3.8) is 0 Å². The fourth-order valence-corrected chi connectivity index (χ4v) is 3.71. The maximum atomic E-state index is 12.7. The molecule has 2 aromatic rings. The third kappa shape index (κ3) is 5.69. The molecule has 156 valence electrons. The predicted octanol–water partition coefficient (Wildman–Crippen LogP) is 3.02. The van der Waals surface area contributed by atoms with Crippen LogP contribution in [0.3, 0.4) is 0 Å². The molecule has 1 fully saturated rings. The molecule has 2 aromatic heterocycles. The molecular weight excluding hydrogens is 405 g/mol. The Morgan fingerprint density at radius 3 is 2.62 bits per heavy atom. The number of hydrogen-bond donors (Lipinski definition) is 1. The Labute approximate surface area is 170 Å². The second-order valence-electron chi connectivity index (χ2n) is 6.64. The maximum Gasteiger partial charge on any atom is 0.417 e. The number of rotatable bonds is 5. The fourth-order valence-electron chi connectivity index (χ4n) is 3.07. The van der Waals surface area contributed by atoms with Crippen LogP contribution in [0.2, 0.25) is 0 Å². The van der Waals surface area contributed by atoms with E-state index in [1.807, 2.05) is 10.3 Å². The molecule has 1 saturated heterocycles. The predicted molar refractivity (Wildman–Crippen MR) is 104 cm³/mol. The first-order chi connectivity index (χ1) is 13.8. The minimum Gasteiger partial charge on any atom is -0.355 e. The molecule has 3 heterocycles. The van der Waals surface area contributed by atoms with Crippen LogP contribution in [-0.2, 0) is 11.0 Å².